The second-order valence-electron chi connectivity index (χ2n) is 8.75. The maximum atomic E-state index is 6.02. The molecule has 0 unspecified atom stereocenters. The van der Waals surface area contributed by atoms with Crippen molar-refractivity contribution in [1.29, 1.82) is 0 Å². The van der Waals surface area contributed by atoms with E-state index in [-0.39, 0.29) is 0 Å². The van der Waals surface area contributed by atoms with Gasteiger partial charge in [0.05, 0.1) is 0 Å². The number of allylic oxidation sites excluding steroid dienone is 3. The molecule has 0 saturated carbocycles. The lowest BCUT2D eigenvalue weighted by molar-refractivity contribution is -0.433. The van der Waals surface area contributed by atoms with Crippen LogP contribution in [0.25, 0.3) is 33.2 Å². The molecule has 0 atom stereocenters. The summed E-state index contributed by atoms with van der Waals surface area (Å²) in [5.41, 5.74) is 13.5. The smallest absolute Gasteiger partial charge is 0.223 e. The average molecular weight is 430 g/mol. The highest BCUT2D eigenvalue weighted by atomic mass is 15.0. The molecule has 1 aliphatic heterocycles. The molecule has 0 bridgehead atoms. The highest BCUT2D eigenvalue weighted by molar-refractivity contribution is 6.11. The van der Waals surface area contributed by atoms with Gasteiger partial charge >= 0.3 is 0 Å². The van der Waals surface area contributed by atoms with Gasteiger partial charge in [0.2, 0.25) is 19.4 Å². The number of fused-ring (bicyclic) bond motifs is 2. The Balaban J connectivity index is 1.66. The minimum absolute atomic E-state index is 0.623. The third kappa shape index (κ3) is 3.77. The Bertz CT molecular complexity index is 1440. The molecule has 162 valence electrons. The summed E-state index contributed by atoms with van der Waals surface area (Å²) in [5.74, 6) is 0. The summed E-state index contributed by atoms with van der Waals surface area (Å²) >= 11 is 0. The number of hydrogen-bond acceptors (Lipinski definition) is 1. The summed E-state index contributed by atoms with van der Waals surface area (Å²) in [7, 11) is 4.25. The predicted octanol–water partition coefficient (Wildman–Crippen LogP) is 5.01. The highest BCUT2D eigenvalue weighted by Gasteiger charge is 2.28. The molecule has 0 aliphatic carbocycles. The second-order valence-corrected chi connectivity index (χ2v) is 8.75. The molecule has 0 amide bonds. The predicted molar refractivity (Wildman–Crippen MR) is 144 cm³/mol. The van der Waals surface area contributed by atoms with E-state index in [1.165, 1.54) is 55.4 Å². The van der Waals surface area contributed by atoms with Gasteiger partial charge in [-0.25, -0.2) is 0 Å². The van der Waals surface area contributed by atoms with E-state index < -0.39 is 0 Å². The van der Waals surface area contributed by atoms with Crippen LogP contribution in [0.3, 0.4) is 0 Å². The number of benzene rings is 3. The Hall–Kier alpha value is -3.63. The molecule has 5 rings (SSSR count). The Morgan fingerprint density at radius 3 is 2.24 bits per heavy atom. The zero-order chi connectivity index (χ0) is 22.9. The molecular weight excluding hydrogens is 401 g/mol. The van der Waals surface area contributed by atoms with Crippen LogP contribution in [0.4, 0.5) is 0 Å². The highest BCUT2D eigenvalue weighted by Crippen LogP contribution is 2.32. The van der Waals surface area contributed by atoms with Gasteiger partial charge in [-0.2, -0.15) is 4.58 Å². The summed E-state index contributed by atoms with van der Waals surface area (Å²) in [6, 6.07) is 23.8. The molecular formula is C29H29BN3+. The van der Waals surface area contributed by atoms with E-state index in [0.29, 0.717) is 6.54 Å². The van der Waals surface area contributed by atoms with Crippen molar-refractivity contribution in [3.8, 4) is 0 Å². The fraction of sp³-hybridized carbons (Fsp3) is 0.138. The Labute approximate surface area is 196 Å². The van der Waals surface area contributed by atoms with Crippen molar-refractivity contribution >= 4 is 46.9 Å². The molecule has 3 nitrogen and oxygen atoms in total. The third-order valence-corrected chi connectivity index (χ3v) is 6.63. The van der Waals surface area contributed by atoms with Crippen molar-refractivity contribution in [2.75, 3.05) is 13.6 Å². The van der Waals surface area contributed by atoms with Gasteiger partial charge < -0.3 is 10.2 Å². The van der Waals surface area contributed by atoms with Crippen LogP contribution in [0.1, 0.15) is 24.6 Å². The van der Waals surface area contributed by atoms with Gasteiger partial charge in [-0.05, 0) is 77.5 Å². The first-order chi connectivity index (χ1) is 16.1. The molecule has 1 aromatic heterocycles. The summed E-state index contributed by atoms with van der Waals surface area (Å²) in [6.45, 7) is 2.82. The Morgan fingerprint density at radius 1 is 0.970 bits per heavy atom. The van der Waals surface area contributed by atoms with Gasteiger partial charge in [-0.15, -0.1) is 0 Å². The van der Waals surface area contributed by atoms with Crippen molar-refractivity contribution in [3.63, 3.8) is 0 Å². The van der Waals surface area contributed by atoms with E-state index in [9.17, 15) is 0 Å². The molecule has 33 heavy (non-hydrogen) atoms. The van der Waals surface area contributed by atoms with Crippen molar-refractivity contribution in [2.24, 2.45) is 5.73 Å². The third-order valence-electron chi connectivity index (χ3n) is 6.63. The summed E-state index contributed by atoms with van der Waals surface area (Å²) in [6.07, 6.45) is 9.73. The molecule has 0 radical (unpaired) electrons. The van der Waals surface area contributed by atoms with Gasteiger partial charge in [-0.3, -0.25) is 0 Å². The molecule has 1 aliphatic rings. The molecule has 2 N–H and O–H groups in total. The van der Waals surface area contributed by atoms with E-state index in [1.807, 2.05) is 0 Å². The van der Waals surface area contributed by atoms with Crippen LogP contribution in [0.5, 0.6) is 0 Å². The summed E-state index contributed by atoms with van der Waals surface area (Å²) in [5, 5.41) is 5.08. The van der Waals surface area contributed by atoms with E-state index in [2.05, 4.69) is 122 Å². The zero-order valence-electron chi connectivity index (χ0n) is 19.5. The fourth-order valence-corrected chi connectivity index (χ4v) is 5.06. The van der Waals surface area contributed by atoms with Crippen molar-refractivity contribution < 1.29 is 4.58 Å². The zero-order valence-corrected chi connectivity index (χ0v) is 19.5. The molecule has 4 heteroatoms. The average Bonchev–Trinajstić information content (AvgIpc) is 3.37. The van der Waals surface area contributed by atoms with Crippen molar-refractivity contribution in [1.82, 2.24) is 4.48 Å². The minimum Gasteiger partial charge on any atom is -0.399 e. The first kappa shape index (κ1) is 21.2. The normalized spacial score (nSPS) is 15.8. The van der Waals surface area contributed by atoms with Crippen LogP contribution in [-0.2, 0) is 0 Å². The minimum atomic E-state index is 0.623. The number of aromatic nitrogens is 1. The summed E-state index contributed by atoms with van der Waals surface area (Å²) in [4.78, 5) is 0. The number of nitrogens with zero attached hydrogens (tertiary/aromatic N) is 2. The maximum Gasteiger partial charge on any atom is 0.223 e. The first-order valence-corrected chi connectivity index (χ1v) is 11.5. The standard InChI is InChI=1S/C29H29BN3/c1-20-18-23(32(2)29(20)27(15-16-31)28-12-7-17-33(28)30)13-14-26-24-10-5-3-8-21(24)19-22-9-4-6-11-25(22)26/h3-14,17-19H,15-16,30-31H2,1-2H3/q+1/b14-13+. The topological polar surface area (TPSA) is 34.0 Å². The monoisotopic (exact) mass is 430 g/mol. The lowest BCUT2D eigenvalue weighted by Gasteiger charge is -2.11. The van der Waals surface area contributed by atoms with Crippen molar-refractivity contribution in [2.45, 2.75) is 13.3 Å². The van der Waals surface area contributed by atoms with E-state index >= 15 is 0 Å². The largest absolute Gasteiger partial charge is 0.399 e. The molecule has 0 fully saturated rings. The molecule has 0 spiro atoms. The van der Waals surface area contributed by atoms with E-state index in [4.69, 9.17) is 5.73 Å². The number of hydrogen-bond donors (Lipinski definition) is 1. The fourth-order valence-electron chi connectivity index (χ4n) is 5.06. The van der Waals surface area contributed by atoms with Crippen LogP contribution < -0.4 is 5.73 Å². The van der Waals surface area contributed by atoms with E-state index in [0.717, 1.165) is 6.42 Å². The Kier molecular flexibility index (Phi) is 5.61. The SMILES string of the molecule is Bn1cccc1/C(CCN)=C1/C(C)=CC(/C=C/c2c3ccccc3cc3ccccc23)=[N+]1C. The maximum absolute atomic E-state index is 6.02. The van der Waals surface area contributed by atoms with Gasteiger partial charge in [0.15, 0.2) is 0 Å². The molecule has 3 aromatic carbocycles. The van der Waals surface area contributed by atoms with Gasteiger partial charge in [-0.1, -0.05) is 48.5 Å². The van der Waals surface area contributed by atoms with Crippen LogP contribution in [-0.4, -0.2) is 36.3 Å². The number of rotatable bonds is 5. The van der Waals surface area contributed by atoms with E-state index in [1.54, 1.807) is 0 Å². The van der Waals surface area contributed by atoms with Crippen LogP contribution in [0, 0.1) is 0 Å². The van der Waals surface area contributed by atoms with Crippen LogP contribution >= 0.6 is 0 Å². The lowest BCUT2D eigenvalue weighted by Crippen LogP contribution is -2.13. The Morgan fingerprint density at radius 2 is 1.64 bits per heavy atom. The second kappa shape index (κ2) is 8.72. The lowest BCUT2D eigenvalue weighted by atomic mass is 9.96. The molecule has 0 saturated heterocycles. The van der Waals surface area contributed by atoms with Crippen molar-refractivity contribution in [3.05, 3.63) is 108 Å². The summed E-state index contributed by atoms with van der Waals surface area (Å²) < 4.78 is 4.48. The molecule has 4 aromatic rings. The van der Waals surface area contributed by atoms with Crippen LogP contribution in [0.15, 0.2) is 96.3 Å². The first-order valence-electron chi connectivity index (χ1n) is 11.5. The quantitative estimate of drug-likeness (QED) is 0.270. The number of nitrogens with two attached hydrogens (primary N) is 1. The van der Waals surface area contributed by atoms with Gasteiger partial charge in [0.1, 0.15) is 7.05 Å². The number of likely N-dealkylation sites (N-methyl/N-ethyl adjacent to an activating group) is 1. The van der Waals surface area contributed by atoms with Gasteiger partial charge in [0.25, 0.3) is 0 Å². The van der Waals surface area contributed by atoms with Crippen LogP contribution in [0.2, 0.25) is 0 Å². The van der Waals surface area contributed by atoms with Gasteiger partial charge in [0, 0.05) is 29.0 Å². The molecule has 2 heterocycles.